The van der Waals surface area contributed by atoms with Crippen molar-refractivity contribution in [2.75, 3.05) is 20.3 Å². The predicted octanol–water partition coefficient (Wildman–Crippen LogP) is 2.86. The van der Waals surface area contributed by atoms with Crippen molar-refractivity contribution in [1.82, 2.24) is 0 Å². The van der Waals surface area contributed by atoms with E-state index >= 15 is 0 Å². The fourth-order valence-electron chi connectivity index (χ4n) is 2.31. The third kappa shape index (κ3) is 3.80. The van der Waals surface area contributed by atoms with E-state index in [2.05, 4.69) is 27.4 Å². The first kappa shape index (κ1) is 14.7. The normalized spacial score (nSPS) is 38.0. The Morgan fingerprint density at radius 2 is 1.88 bits per heavy atom. The first-order valence-corrected chi connectivity index (χ1v) is 6.48. The average Bonchev–Trinajstić information content (AvgIpc) is 2.34. The van der Waals surface area contributed by atoms with Crippen molar-refractivity contribution in [1.29, 1.82) is 0 Å². The van der Waals surface area contributed by atoms with Crippen molar-refractivity contribution in [2.45, 2.75) is 39.6 Å². The minimum atomic E-state index is -0.103. The summed E-state index contributed by atoms with van der Waals surface area (Å²) in [4.78, 5) is 0. The first-order valence-electron chi connectivity index (χ1n) is 6.48. The smallest absolute Gasteiger partial charge is 0.160 e. The van der Waals surface area contributed by atoms with E-state index in [9.17, 15) is 0 Å². The number of methoxy groups -OCH3 is 1. The summed E-state index contributed by atoms with van der Waals surface area (Å²) in [6.07, 6.45) is 2.79. The summed E-state index contributed by atoms with van der Waals surface area (Å²) >= 11 is 0. The van der Waals surface area contributed by atoms with Gasteiger partial charge >= 0.3 is 0 Å². The Morgan fingerprint density at radius 3 is 2.47 bits per heavy atom. The molecule has 0 aromatic rings. The fraction of sp³-hybridized carbons (Fsp3) is 0.857. The molecule has 0 N–H and O–H groups in total. The maximum atomic E-state index is 5.94. The Morgan fingerprint density at radius 1 is 1.18 bits per heavy atom. The van der Waals surface area contributed by atoms with Crippen LogP contribution in [-0.4, -0.2) is 32.7 Å². The van der Waals surface area contributed by atoms with Gasteiger partial charge in [0.2, 0.25) is 0 Å². The quantitative estimate of drug-likeness (QED) is 0.529. The number of hydrogen-bond donors (Lipinski definition) is 0. The van der Waals surface area contributed by atoms with Crippen molar-refractivity contribution in [3.63, 3.8) is 0 Å². The number of rotatable bonds is 6. The molecule has 0 bridgehead atoms. The van der Waals surface area contributed by atoms with Gasteiger partial charge in [0, 0.05) is 13.0 Å². The monoisotopic (exact) mass is 242 g/mol. The Hall–Kier alpha value is -0.380. The van der Waals surface area contributed by atoms with Crippen LogP contribution in [0.25, 0.3) is 0 Å². The van der Waals surface area contributed by atoms with Crippen LogP contribution in [0.1, 0.15) is 27.2 Å². The largest absolute Gasteiger partial charge is 0.378 e. The van der Waals surface area contributed by atoms with Gasteiger partial charge in [-0.05, 0) is 18.3 Å². The predicted molar refractivity (Wildman–Crippen MR) is 68.8 cm³/mol. The number of hydrogen-bond acceptors (Lipinski definition) is 3. The lowest BCUT2D eigenvalue weighted by atomic mass is 9.79. The van der Waals surface area contributed by atoms with Gasteiger partial charge in [0.25, 0.3) is 0 Å². The lowest BCUT2D eigenvalue weighted by molar-refractivity contribution is -0.247. The first-order chi connectivity index (χ1) is 8.11. The summed E-state index contributed by atoms with van der Waals surface area (Å²) in [5, 5.41) is 0. The van der Waals surface area contributed by atoms with E-state index in [1.807, 2.05) is 6.08 Å². The second-order valence-corrected chi connectivity index (χ2v) is 5.01. The Kier molecular flexibility index (Phi) is 6.17. The van der Waals surface area contributed by atoms with E-state index in [0.717, 1.165) is 13.0 Å². The summed E-state index contributed by atoms with van der Waals surface area (Å²) in [6, 6.07) is 0. The molecule has 3 nitrogen and oxygen atoms in total. The molecule has 1 heterocycles. The highest BCUT2D eigenvalue weighted by atomic mass is 16.7. The van der Waals surface area contributed by atoms with Gasteiger partial charge in [-0.1, -0.05) is 26.8 Å². The topological polar surface area (TPSA) is 27.7 Å². The van der Waals surface area contributed by atoms with Gasteiger partial charge in [-0.2, -0.15) is 0 Å². The highest BCUT2D eigenvalue weighted by Crippen LogP contribution is 2.35. The Labute approximate surface area is 105 Å². The van der Waals surface area contributed by atoms with Gasteiger partial charge in [0.05, 0.1) is 19.3 Å². The molecule has 2 unspecified atom stereocenters. The van der Waals surface area contributed by atoms with Gasteiger partial charge in [-0.3, -0.25) is 0 Å². The molecule has 3 heteroatoms. The average molecular weight is 242 g/mol. The highest BCUT2D eigenvalue weighted by Gasteiger charge is 2.39. The lowest BCUT2D eigenvalue weighted by Gasteiger charge is -2.42. The van der Waals surface area contributed by atoms with Crippen LogP contribution in [0, 0.1) is 17.8 Å². The van der Waals surface area contributed by atoms with Gasteiger partial charge in [0.1, 0.15) is 0 Å². The molecule has 100 valence electrons. The van der Waals surface area contributed by atoms with Crippen LogP contribution in [-0.2, 0) is 14.2 Å². The maximum absolute atomic E-state index is 5.94. The van der Waals surface area contributed by atoms with E-state index in [0.29, 0.717) is 24.4 Å². The van der Waals surface area contributed by atoms with Crippen LogP contribution >= 0.6 is 0 Å². The van der Waals surface area contributed by atoms with E-state index in [1.165, 1.54) is 0 Å². The van der Waals surface area contributed by atoms with Crippen LogP contribution in [0.4, 0.5) is 0 Å². The van der Waals surface area contributed by atoms with Crippen molar-refractivity contribution in [3.8, 4) is 0 Å². The highest BCUT2D eigenvalue weighted by molar-refractivity contribution is 4.82. The molecule has 0 radical (unpaired) electrons. The minimum Gasteiger partial charge on any atom is -0.378 e. The summed E-state index contributed by atoms with van der Waals surface area (Å²) in [6.45, 7) is 11.7. The van der Waals surface area contributed by atoms with Gasteiger partial charge in [-0.25, -0.2) is 0 Å². The van der Waals surface area contributed by atoms with Crippen LogP contribution in [0.5, 0.6) is 0 Å². The molecule has 0 aromatic carbocycles. The summed E-state index contributed by atoms with van der Waals surface area (Å²) in [5.41, 5.74) is 0. The Bertz CT molecular complexity index is 228. The molecular formula is C14H26O3. The van der Waals surface area contributed by atoms with Crippen molar-refractivity contribution in [2.24, 2.45) is 17.8 Å². The molecule has 1 rings (SSSR count). The second-order valence-electron chi connectivity index (χ2n) is 5.01. The van der Waals surface area contributed by atoms with E-state index < -0.39 is 0 Å². The second kappa shape index (κ2) is 7.14. The van der Waals surface area contributed by atoms with E-state index in [-0.39, 0.29) is 12.4 Å². The Balaban J connectivity index is 2.44. The zero-order valence-electron chi connectivity index (χ0n) is 11.5. The molecule has 1 fully saturated rings. The summed E-state index contributed by atoms with van der Waals surface area (Å²) in [7, 11) is 1.71. The summed E-state index contributed by atoms with van der Waals surface area (Å²) in [5.74, 6) is 1.52. The fourth-order valence-corrected chi connectivity index (χ4v) is 2.31. The molecule has 0 saturated carbocycles. The third-order valence-corrected chi connectivity index (χ3v) is 3.96. The minimum absolute atomic E-state index is 0.103. The van der Waals surface area contributed by atoms with E-state index in [4.69, 9.17) is 14.2 Å². The van der Waals surface area contributed by atoms with Crippen molar-refractivity contribution in [3.05, 3.63) is 12.7 Å². The standard InChI is InChI=1S/C14H26O3/c1-6-7-8-16-9-13-11(3)10(2)12(4)14(15-5)17-13/h6,10-14H,1,7-9H2,2-5H3/t10-,11-,12?,13?,14-/m0/s1. The molecule has 1 aliphatic rings. The SMILES string of the molecule is C=CCCOCC1O[C@H](OC)C(C)[C@@H](C)[C@@H]1C. The molecule has 17 heavy (non-hydrogen) atoms. The van der Waals surface area contributed by atoms with Crippen molar-refractivity contribution >= 4 is 0 Å². The van der Waals surface area contributed by atoms with Crippen LogP contribution in [0.15, 0.2) is 12.7 Å². The van der Waals surface area contributed by atoms with Crippen LogP contribution < -0.4 is 0 Å². The van der Waals surface area contributed by atoms with Gasteiger partial charge in [-0.15, -0.1) is 6.58 Å². The molecule has 5 atom stereocenters. The van der Waals surface area contributed by atoms with Crippen LogP contribution in [0.3, 0.4) is 0 Å². The number of ether oxygens (including phenoxy) is 3. The van der Waals surface area contributed by atoms with Gasteiger partial charge < -0.3 is 14.2 Å². The van der Waals surface area contributed by atoms with Gasteiger partial charge in [0.15, 0.2) is 6.29 Å². The van der Waals surface area contributed by atoms with Crippen LogP contribution in [0.2, 0.25) is 0 Å². The zero-order valence-corrected chi connectivity index (χ0v) is 11.5. The van der Waals surface area contributed by atoms with E-state index in [1.54, 1.807) is 7.11 Å². The molecule has 0 spiro atoms. The third-order valence-electron chi connectivity index (χ3n) is 3.96. The van der Waals surface area contributed by atoms with Crippen molar-refractivity contribution < 1.29 is 14.2 Å². The molecule has 0 aromatic heterocycles. The molecule has 1 aliphatic heterocycles. The summed E-state index contributed by atoms with van der Waals surface area (Å²) < 4.78 is 16.9. The molecule has 0 amide bonds. The maximum Gasteiger partial charge on any atom is 0.160 e. The zero-order chi connectivity index (χ0) is 12.8. The molecular weight excluding hydrogens is 216 g/mol. The molecule has 0 aliphatic carbocycles. The lowest BCUT2D eigenvalue weighted by Crippen LogP contribution is -2.47. The molecule has 1 saturated heterocycles.